The van der Waals surface area contributed by atoms with Crippen molar-refractivity contribution in [3.8, 4) is 111 Å². The molecular formula is C126H99N3. The van der Waals surface area contributed by atoms with Crippen molar-refractivity contribution in [2.45, 2.75) is 89.9 Å². The zero-order chi connectivity index (χ0) is 87.0. The Morgan fingerprint density at radius 3 is 1.20 bits per heavy atom. The average molecular weight is 1660 g/mol. The van der Waals surface area contributed by atoms with Gasteiger partial charge in [0.1, 0.15) is 0 Å². The number of fused-ring (bicyclic) bond motifs is 12. The van der Waals surface area contributed by atoms with E-state index in [2.05, 4.69) is 501 Å². The van der Waals surface area contributed by atoms with Crippen LogP contribution in [0.15, 0.2) is 431 Å². The monoisotopic (exact) mass is 1650 g/mol. The lowest BCUT2D eigenvalue weighted by molar-refractivity contribution is 0.660. The number of benzene rings is 18. The molecule has 5 aliphatic carbocycles. The number of anilines is 9. The van der Waals surface area contributed by atoms with Crippen molar-refractivity contribution in [2.24, 2.45) is 0 Å². The molecule has 0 heterocycles. The van der Waals surface area contributed by atoms with Gasteiger partial charge in [-0.25, -0.2) is 0 Å². The van der Waals surface area contributed by atoms with Gasteiger partial charge in [-0.2, -0.15) is 0 Å². The summed E-state index contributed by atoms with van der Waals surface area (Å²) in [5, 5.41) is 0. The van der Waals surface area contributed by atoms with Gasteiger partial charge in [0.25, 0.3) is 0 Å². The summed E-state index contributed by atoms with van der Waals surface area (Å²) in [4.78, 5) is 7.48. The van der Waals surface area contributed by atoms with Gasteiger partial charge < -0.3 is 14.7 Å². The molecule has 0 bridgehead atoms. The predicted molar refractivity (Wildman–Crippen MR) is 544 cm³/mol. The van der Waals surface area contributed by atoms with Gasteiger partial charge in [-0.3, -0.25) is 0 Å². The maximum atomic E-state index is 2.51. The Hall–Kier alpha value is -15.2. The van der Waals surface area contributed by atoms with Crippen molar-refractivity contribution >= 4 is 56.8 Å². The third-order valence-corrected chi connectivity index (χ3v) is 29.1. The van der Waals surface area contributed by atoms with E-state index in [9.17, 15) is 0 Å². The van der Waals surface area contributed by atoms with Crippen LogP contribution < -0.4 is 14.7 Å². The average Bonchev–Trinajstić information content (AvgIpc) is 1.54. The largest absolute Gasteiger partial charge is 0.310 e. The van der Waals surface area contributed by atoms with E-state index in [1.54, 1.807) is 0 Å². The molecule has 3 nitrogen and oxygen atoms in total. The zero-order valence-corrected chi connectivity index (χ0v) is 74.2. The molecule has 23 rings (SSSR count). The standard InChI is InChI=1S/C126H99N3/c1-82-51-61-93(62-52-82)126(8)112-48-30-45-102(120(112)109-72-60-90(79-116(109)126)84-33-15-10-16-34-84)87-55-65-97(66-56-87)129(98-69-73-106-104-43-21-25-46-110(104)123(2,3)114(106)80-98)118-50-28-24-42-101(118)92-38-29-37-89(77-92)91-59-71-105-107-74-70-99(81-115(107)124(4,5)113(105)78-91)128(117-49-27-23-41-100(117)86-35-17-11-18-36-86)96-67-57-88(58-68-96)103-75-76-119(122-121(103)108-44-22-26-47-111(108)125(122,6)7)127(94-39-19-12-20-40-94)95-63-53-85(54-64-95)83-31-13-9-14-32-83/h10-13,15-81H,9,14H2,1-8H3. The maximum absolute atomic E-state index is 2.51. The number of hydrogen-bond donors (Lipinski definition) is 0. The van der Waals surface area contributed by atoms with Crippen LogP contribution in [0.25, 0.3) is 117 Å². The third kappa shape index (κ3) is 12.9. The fourth-order valence-electron chi connectivity index (χ4n) is 22.4. The number of rotatable bonds is 17. The van der Waals surface area contributed by atoms with Gasteiger partial charge in [0, 0.05) is 66.9 Å². The van der Waals surface area contributed by atoms with Gasteiger partial charge in [-0.05, 0) is 297 Å². The van der Waals surface area contributed by atoms with Crippen molar-refractivity contribution in [1.82, 2.24) is 0 Å². The molecule has 0 saturated carbocycles. The Labute approximate surface area is 759 Å². The molecule has 0 amide bonds. The molecule has 129 heavy (non-hydrogen) atoms. The second kappa shape index (κ2) is 30.9. The summed E-state index contributed by atoms with van der Waals surface area (Å²) in [6.07, 6.45) is 9.09. The van der Waals surface area contributed by atoms with Crippen molar-refractivity contribution in [3.63, 3.8) is 0 Å². The van der Waals surface area contributed by atoms with E-state index in [0.29, 0.717) is 0 Å². The number of nitrogens with zero attached hydrogens (tertiary/aromatic N) is 3. The molecule has 0 spiro atoms. The highest BCUT2D eigenvalue weighted by molar-refractivity contribution is 6.02. The Kier molecular flexibility index (Phi) is 18.8. The number of hydrogen-bond acceptors (Lipinski definition) is 3. The van der Waals surface area contributed by atoms with Gasteiger partial charge in [0.05, 0.1) is 17.1 Å². The van der Waals surface area contributed by atoms with E-state index >= 15 is 0 Å². The Bertz CT molecular complexity index is 7550. The highest BCUT2D eigenvalue weighted by Crippen LogP contribution is 2.61. The van der Waals surface area contributed by atoms with E-state index < -0.39 is 0 Å². The molecule has 0 aliphatic heterocycles. The van der Waals surface area contributed by atoms with Crippen LogP contribution in [0.2, 0.25) is 0 Å². The molecule has 0 aromatic heterocycles. The summed E-state index contributed by atoms with van der Waals surface area (Å²) in [5.74, 6) is 0. The molecular weight excluding hydrogens is 1560 g/mol. The summed E-state index contributed by atoms with van der Waals surface area (Å²) in [6.45, 7) is 19.1. The van der Waals surface area contributed by atoms with Gasteiger partial charge in [0.15, 0.2) is 0 Å². The molecule has 18 aromatic rings. The van der Waals surface area contributed by atoms with Crippen LogP contribution in [0.1, 0.15) is 123 Å². The Morgan fingerprint density at radius 2 is 0.597 bits per heavy atom. The summed E-state index contributed by atoms with van der Waals surface area (Å²) < 4.78 is 0. The van der Waals surface area contributed by atoms with Crippen molar-refractivity contribution < 1.29 is 0 Å². The first kappa shape index (κ1) is 78.6. The van der Waals surface area contributed by atoms with Crippen molar-refractivity contribution in [2.75, 3.05) is 14.7 Å². The van der Waals surface area contributed by atoms with Crippen LogP contribution in [0.3, 0.4) is 0 Å². The zero-order valence-electron chi connectivity index (χ0n) is 74.2. The highest BCUT2D eigenvalue weighted by Gasteiger charge is 2.45. The fourth-order valence-corrected chi connectivity index (χ4v) is 22.4. The summed E-state index contributed by atoms with van der Waals surface area (Å²) >= 11 is 0. The van der Waals surface area contributed by atoms with Gasteiger partial charge in [-0.1, -0.05) is 369 Å². The summed E-state index contributed by atoms with van der Waals surface area (Å²) in [7, 11) is 0. The first-order chi connectivity index (χ1) is 63.0. The molecule has 3 heteroatoms. The van der Waals surface area contributed by atoms with Gasteiger partial charge in [0.2, 0.25) is 0 Å². The lowest BCUT2D eigenvalue weighted by Crippen LogP contribution is -2.22. The quantitative estimate of drug-likeness (QED) is 0.0900. The second-order valence-corrected chi connectivity index (χ2v) is 37.5. The second-order valence-electron chi connectivity index (χ2n) is 37.5. The van der Waals surface area contributed by atoms with Crippen LogP contribution in [-0.2, 0) is 21.7 Å². The van der Waals surface area contributed by atoms with Crippen molar-refractivity contribution in [1.29, 1.82) is 0 Å². The fraction of sp³-hybridized carbons (Fsp3) is 0.111. The van der Waals surface area contributed by atoms with Crippen LogP contribution in [0.4, 0.5) is 51.2 Å². The minimum atomic E-state index is -0.385. The van der Waals surface area contributed by atoms with E-state index in [4.69, 9.17) is 0 Å². The smallest absolute Gasteiger partial charge is 0.0540 e. The molecule has 0 radical (unpaired) electrons. The molecule has 0 saturated heterocycles. The Morgan fingerprint density at radius 1 is 0.217 bits per heavy atom. The SMILES string of the molecule is Cc1ccc(C2(C)c3cc(-c4ccccc4)ccc3-c3c(-c4ccc(N(c5ccc6c(c5)C(C)(C)c5ccccc5-6)c5ccccc5-c5cccc(-c6ccc7c(c6)C(C)(C)c6cc(N(c8ccc(-c9ccc(N(c%10ccccc%10)c%10ccc(C%11=CCCC=C%11)cc%10)c%10c9-c9ccccc9C%10(C)C)cc8)c8ccccc8-c8ccccc8)ccc6-7)c5)cc4)cccc32)cc1. The molecule has 618 valence electrons. The number of aryl methyl sites for hydroxylation is 1. The van der Waals surface area contributed by atoms with Crippen LogP contribution in [0.5, 0.6) is 0 Å². The minimum Gasteiger partial charge on any atom is -0.310 e. The van der Waals surface area contributed by atoms with Gasteiger partial charge >= 0.3 is 0 Å². The molecule has 18 aromatic carbocycles. The van der Waals surface area contributed by atoms with E-state index in [1.807, 2.05) is 0 Å². The molecule has 1 unspecified atom stereocenters. The van der Waals surface area contributed by atoms with E-state index in [1.165, 1.54) is 161 Å². The molecule has 0 fully saturated rings. The number of para-hydroxylation sites is 3. The van der Waals surface area contributed by atoms with E-state index in [0.717, 1.165) is 80.6 Å². The summed E-state index contributed by atoms with van der Waals surface area (Å²) in [5.41, 5.74) is 48.9. The predicted octanol–water partition coefficient (Wildman–Crippen LogP) is 34.4. The summed E-state index contributed by atoms with van der Waals surface area (Å²) in [6, 6.07) is 156. The highest BCUT2D eigenvalue weighted by atomic mass is 15.2. The first-order valence-electron chi connectivity index (χ1n) is 45.7. The lowest BCUT2D eigenvalue weighted by Gasteiger charge is -2.33. The molecule has 0 N–H and O–H groups in total. The van der Waals surface area contributed by atoms with Crippen LogP contribution >= 0.6 is 0 Å². The topological polar surface area (TPSA) is 9.72 Å². The molecule has 5 aliphatic rings. The Balaban J connectivity index is 0.597. The third-order valence-electron chi connectivity index (χ3n) is 29.1. The van der Waals surface area contributed by atoms with Gasteiger partial charge in [-0.15, -0.1) is 0 Å². The van der Waals surface area contributed by atoms with Crippen molar-refractivity contribution in [3.05, 3.63) is 492 Å². The normalized spacial score (nSPS) is 15.1. The van der Waals surface area contributed by atoms with Crippen LogP contribution in [-0.4, -0.2) is 0 Å². The van der Waals surface area contributed by atoms with E-state index in [-0.39, 0.29) is 21.7 Å². The van der Waals surface area contributed by atoms with Crippen LogP contribution in [0, 0.1) is 6.92 Å². The maximum Gasteiger partial charge on any atom is 0.0540 e. The first-order valence-corrected chi connectivity index (χ1v) is 45.7. The molecule has 1 atom stereocenters. The minimum absolute atomic E-state index is 0.210. The lowest BCUT2D eigenvalue weighted by atomic mass is 9.73. The number of allylic oxidation sites excluding steroid dienone is 4.